The Morgan fingerprint density at radius 1 is 1.20 bits per heavy atom. The summed E-state index contributed by atoms with van der Waals surface area (Å²) in [7, 11) is 1.28. The van der Waals surface area contributed by atoms with Crippen LogP contribution in [0.3, 0.4) is 0 Å². The van der Waals surface area contributed by atoms with Gasteiger partial charge in [-0.25, -0.2) is 9.78 Å². The first-order valence-electron chi connectivity index (χ1n) is 13.2. The number of thiazole rings is 1. The predicted molar refractivity (Wildman–Crippen MR) is 174 cm³/mol. The molecule has 2 aliphatic rings. The van der Waals surface area contributed by atoms with Crippen molar-refractivity contribution < 1.29 is 43.0 Å². The van der Waals surface area contributed by atoms with Crippen LogP contribution in [0.5, 0.6) is 5.75 Å². The molecule has 0 bridgehead atoms. The molecule has 46 heavy (non-hydrogen) atoms. The van der Waals surface area contributed by atoms with Crippen molar-refractivity contribution in [2.75, 3.05) is 38.5 Å². The van der Waals surface area contributed by atoms with Crippen molar-refractivity contribution in [2.45, 2.75) is 24.8 Å². The number of carbonyl (C=O) groups is 5. The second kappa shape index (κ2) is 17.1. The molecule has 2 aliphatic heterocycles. The number of benzene rings is 1. The Morgan fingerprint density at radius 2 is 1.91 bits per heavy atom. The Balaban J connectivity index is 0.00000368. The monoisotopic (exact) mass is 718 g/mol. The summed E-state index contributed by atoms with van der Waals surface area (Å²) in [5, 5.41) is 7.77. The molecule has 0 radical (unpaired) electrons. The number of nitrogens with one attached hydrogen (secondary N) is 1. The Hall–Kier alpha value is -3.90. The molecular formula is C27H32Cl2N6O9S2. The Bertz CT molecular complexity index is 1490. The van der Waals surface area contributed by atoms with Crippen LogP contribution in [0.2, 0.25) is 0 Å². The maximum Gasteiger partial charge on any atom is 0.341 e. The molecule has 2 saturated heterocycles. The molecule has 5 N–H and O–H groups in total. The fraction of sp³-hybridized carbons (Fsp3) is 0.370. The van der Waals surface area contributed by atoms with E-state index in [1.165, 1.54) is 48.0 Å². The van der Waals surface area contributed by atoms with Crippen LogP contribution in [0.1, 0.15) is 29.4 Å². The van der Waals surface area contributed by atoms with Crippen LogP contribution < -0.4 is 21.5 Å². The van der Waals surface area contributed by atoms with Crippen LogP contribution >= 0.6 is 47.9 Å². The predicted octanol–water partition coefficient (Wildman–Crippen LogP) is 1.49. The number of anilines is 1. The smallest absolute Gasteiger partial charge is 0.341 e. The molecule has 0 saturated carbocycles. The number of β-lactam (4-membered cyclic amide) rings is 1. The van der Waals surface area contributed by atoms with Crippen molar-refractivity contribution >= 4 is 88.5 Å². The lowest BCUT2D eigenvalue weighted by Gasteiger charge is -2.53. The lowest BCUT2D eigenvalue weighted by Crippen LogP contribution is -2.74. The number of allylic oxidation sites excluding steroid dienone is 1. The number of halogens is 2. The molecule has 250 valence electrons. The van der Waals surface area contributed by atoms with Gasteiger partial charge >= 0.3 is 17.9 Å². The van der Waals surface area contributed by atoms with E-state index >= 15 is 0 Å². The largest absolute Gasteiger partial charge is 0.427 e. The van der Waals surface area contributed by atoms with E-state index in [1.54, 1.807) is 17.5 Å². The number of oxime groups is 1. The van der Waals surface area contributed by atoms with Gasteiger partial charge in [0, 0.05) is 17.7 Å². The number of carbonyl (C=O) groups excluding carboxylic acids is 5. The van der Waals surface area contributed by atoms with Gasteiger partial charge in [-0.3, -0.25) is 19.2 Å². The maximum absolute atomic E-state index is 13.3. The summed E-state index contributed by atoms with van der Waals surface area (Å²) in [5.41, 5.74) is 9.90. The first kappa shape index (κ1) is 38.3. The molecule has 0 aliphatic carbocycles. The van der Waals surface area contributed by atoms with Crippen LogP contribution in [0.25, 0.3) is 0 Å². The van der Waals surface area contributed by atoms with Gasteiger partial charge in [0.05, 0.1) is 12.1 Å². The van der Waals surface area contributed by atoms with Crippen molar-refractivity contribution in [3.05, 3.63) is 53.1 Å². The minimum atomic E-state index is -1.20. The Kier molecular flexibility index (Phi) is 14.3. The Morgan fingerprint density at radius 3 is 2.52 bits per heavy atom. The quantitative estimate of drug-likeness (QED) is 0.0540. The third-order valence-electron chi connectivity index (χ3n) is 6.50. The number of esters is 3. The summed E-state index contributed by atoms with van der Waals surface area (Å²) in [6, 6.07) is 4.70. The van der Waals surface area contributed by atoms with Crippen LogP contribution in [-0.2, 0) is 33.5 Å². The molecule has 2 fully saturated rings. The van der Waals surface area contributed by atoms with Crippen molar-refractivity contribution in [2.24, 2.45) is 16.3 Å². The van der Waals surface area contributed by atoms with Gasteiger partial charge in [0.1, 0.15) is 35.4 Å². The molecule has 1 aromatic carbocycles. The molecule has 19 heteroatoms. The number of rotatable bonds is 12. The third kappa shape index (κ3) is 8.67. The number of fused-ring (bicyclic) bond motifs is 1. The van der Waals surface area contributed by atoms with Crippen molar-refractivity contribution in [3.63, 3.8) is 0 Å². The highest BCUT2D eigenvalue weighted by Gasteiger charge is 2.57. The molecule has 2 unspecified atom stereocenters. The van der Waals surface area contributed by atoms with E-state index in [2.05, 4.69) is 15.5 Å². The molecule has 2 aromatic rings. The van der Waals surface area contributed by atoms with E-state index in [9.17, 15) is 24.0 Å². The topological polar surface area (TPSA) is 215 Å². The molecule has 1 aromatic heterocycles. The van der Waals surface area contributed by atoms with Gasteiger partial charge in [0.15, 0.2) is 10.8 Å². The van der Waals surface area contributed by atoms with Gasteiger partial charge in [0.2, 0.25) is 12.7 Å². The van der Waals surface area contributed by atoms with E-state index < -0.39 is 47.4 Å². The summed E-state index contributed by atoms with van der Waals surface area (Å²) < 4.78 is 15.4. The van der Waals surface area contributed by atoms with Gasteiger partial charge < -0.3 is 40.7 Å². The van der Waals surface area contributed by atoms with Gasteiger partial charge in [-0.2, -0.15) is 0 Å². The van der Waals surface area contributed by atoms with Crippen LogP contribution in [0.15, 0.2) is 47.0 Å². The normalized spacial score (nSPS) is 20.3. The summed E-state index contributed by atoms with van der Waals surface area (Å²) in [5.74, 6) is -2.68. The molecule has 0 spiro atoms. The van der Waals surface area contributed by atoms with Gasteiger partial charge in [0.25, 0.3) is 5.91 Å². The molecule has 3 heterocycles. The summed E-state index contributed by atoms with van der Waals surface area (Å²) in [6.07, 6.45) is 4.12. The number of hydrogen-bond donors (Lipinski definition) is 3. The van der Waals surface area contributed by atoms with E-state index in [4.69, 9.17) is 30.5 Å². The SMILES string of the molecule is CCC=CC1(C(=O)OCOC(=O)c2ccc(OC(=O)CN)cc2)CS[C@@H]2C(NC(=O)C(=NOC)c3csc(N)n3)C(=O)N2C1.Cl.Cl. The van der Waals surface area contributed by atoms with E-state index in [-0.39, 0.29) is 77.4 Å². The number of amides is 2. The van der Waals surface area contributed by atoms with Crippen LogP contribution in [0, 0.1) is 5.41 Å². The van der Waals surface area contributed by atoms with Gasteiger partial charge in [-0.05, 0) is 30.7 Å². The minimum Gasteiger partial charge on any atom is -0.427 e. The molecule has 15 nitrogen and oxygen atoms in total. The zero-order chi connectivity index (χ0) is 31.9. The molecule has 2 amide bonds. The average molecular weight is 720 g/mol. The summed E-state index contributed by atoms with van der Waals surface area (Å²) >= 11 is 2.43. The van der Waals surface area contributed by atoms with Crippen LogP contribution in [-0.4, -0.2) is 89.5 Å². The number of aromatic nitrogens is 1. The zero-order valence-corrected chi connectivity index (χ0v) is 27.8. The van der Waals surface area contributed by atoms with E-state index in [1.807, 2.05) is 6.92 Å². The van der Waals surface area contributed by atoms with Gasteiger partial charge in [-0.15, -0.1) is 47.9 Å². The van der Waals surface area contributed by atoms with Crippen molar-refractivity contribution in [1.29, 1.82) is 0 Å². The van der Waals surface area contributed by atoms with Crippen molar-refractivity contribution in [3.8, 4) is 5.75 Å². The van der Waals surface area contributed by atoms with E-state index in [0.717, 1.165) is 11.3 Å². The zero-order valence-electron chi connectivity index (χ0n) is 24.5. The lowest BCUT2D eigenvalue weighted by molar-refractivity contribution is -0.165. The number of thioether (sulfide) groups is 1. The standard InChI is InChI=1S/C27H30N6O9S2.2ClH/c1-3-4-9-27(25(38)41-14-40-24(37)15-5-7-16(8-6-15)42-18(34)10-28)12-33-22(36)20(23(33)44-13-27)31-21(35)19(32-39-2)17-11-43-26(29)30-17;;/h4-9,11,20,23H,3,10,12-14,28H2,1-2H3,(H2,29,30)(H,31,35);2*1H/t20?,23-,27?;;/m1../s1. The van der Waals surface area contributed by atoms with Gasteiger partial charge in [-0.1, -0.05) is 24.2 Å². The summed E-state index contributed by atoms with van der Waals surface area (Å²) in [4.78, 5) is 73.4. The highest BCUT2D eigenvalue weighted by molar-refractivity contribution is 8.00. The Labute approximate surface area is 284 Å². The van der Waals surface area contributed by atoms with E-state index in [0.29, 0.717) is 6.42 Å². The molecular weight excluding hydrogens is 687 g/mol. The highest BCUT2D eigenvalue weighted by atomic mass is 35.5. The average Bonchev–Trinajstić information content (AvgIpc) is 3.46. The lowest BCUT2D eigenvalue weighted by atomic mass is 9.86. The maximum atomic E-state index is 13.3. The highest BCUT2D eigenvalue weighted by Crippen LogP contribution is 2.43. The molecule has 3 atom stereocenters. The first-order valence-corrected chi connectivity index (χ1v) is 15.1. The number of nitrogens with two attached hydrogens (primary N) is 2. The first-order chi connectivity index (χ1) is 21.1. The second-order valence-corrected chi connectivity index (χ2v) is 11.5. The third-order valence-corrected chi connectivity index (χ3v) is 8.73. The molecule has 4 rings (SSSR count). The number of nitrogen functional groups attached to an aromatic ring is 1. The van der Waals surface area contributed by atoms with Crippen LogP contribution in [0.4, 0.5) is 5.13 Å². The summed E-state index contributed by atoms with van der Waals surface area (Å²) in [6.45, 7) is 0.950. The second-order valence-electron chi connectivity index (χ2n) is 9.46. The van der Waals surface area contributed by atoms with Crippen molar-refractivity contribution in [1.82, 2.24) is 15.2 Å². The minimum absolute atomic E-state index is 0. The fourth-order valence-electron chi connectivity index (χ4n) is 4.33. The number of ether oxygens (including phenoxy) is 3. The fourth-order valence-corrected chi connectivity index (χ4v) is 6.38. The number of nitrogens with zero attached hydrogens (tertiary/aromatic N) is 3. The number of hydrogen-bond acceptors (Lipinski definition) is 15.